The topological polar surface area (TPSA) is 49.3 Å². The van der Waals surface area contributed by atoms with Crippen molar-refractivity contribution < 1.29 is 9.90 Å². The molecule has 4 aliphatic rings. The third kappa shape index (κ3) is 2.74. The van der Waals surface area contributed by atoms with Crippen molar-refractivity contribution in [2.75, 3.05) is 18.6 Å². The second-order valence-electron chi connectivity index (χ2n) is 7.81. The van der Waals surface area contributed by atoms with Crippen LogP contribution in [0, 0.1) is 23.2 Å². The molecule has 2 N–H and O–H groups in total. The molecule has 114 valence electrons. The Bertz CT molecular complexity index is 359. The minimum absolute atomic E-state index is 0.0931. The molecule has 1 amide bonds. The number of amides is 1. The van der Waals surface area contributed by atoms with Crippen LogP contribution in [0.1, 0.15) is 45.4 Å². The largest absolute Gasteiger partial charge is 0.387 e. The predicted octanol–water partition coefficient (Wildman–Crippen LogP) is 2.43. The fourth-order valence-corrected chi connectivity index (χ4v) is 5.93. The number of hydrogen-bond donors (Lipinski definition) is 2. The summed E-state index contributed by atoms with van der Waals surface area (Å²) in [6.07, 6.45) is 9.33. The molecule has 4 saturated carbocycles. The highest BCUT2D eigenvalue weighted by Gasteiger charge is 2.54. The lowest BCUT2D eigenvalue weighted by molar-refractivity contribution is -0.147. The third-order valence-electron chi connectivity index (χ3n) is 5.60. The number of hydrogen-bond acceptors (Lipinski definition) is 3. The van der Waals surface area contributed by atoms with Crippen molar-refractivity contribution in [2.24, 2.45) is 23.2 Å². The van der Waals surface area contributed by atoms with Gasteiger partial charge in [-0.3, -0.25) is 4.79 Å². The molecular weight excluding hydrogens is 270 g/mol. The summed E-state index contributed by atoms with van der Waals surface area (Å²) in [5.41, 5.74) is -0.887. The van der Waals surface area contributed by atoms with Crippen molar-refractivity contribution >= 4 is 17.7 Å². The maximum Gasteiger partial charge on any atom is 0.226 e. The van der Waals surface area contributed by atoms with E-state index in [0.29, 0.717) is 12.3 Å². The second-order valence-corrected chi connectivity index (χ2v) is 8.68. The van der Waals surface area contributed by atoms with Gasteiger partial charge in [-0.15, -0.1) is 0 Å². The maximum absolute atomic E-state index is 12.7. The number of nitrogens with one attached hydrogen (secondary N) is 1. The highest BCUT2D eigenvalue weighted by atomic mass is 32.2. The van der Waals surface area contributed by atoms with Gasteiger partial charge in [-0.25, -0.2) is 0 Å². The van der Waals surface area contributed by atoms with Crippen LogP contribution >= 0.6 is 11.8 Å². The van der Waals surface area contributed by atoms with Gasteiger partial charge in [-0.1, -0.05) is 0 Å². The van der Waals surface area contributed by atoms with Crippen LogP contribution in [-0.4, -0.2) is 35.2 Å². The standard InChI is InChI=1S/C16H27NO2S/c1-15(19,10-20-2)9-17-14(18)16-6-11-3-12(7-16)5-13(4-11)8-16/h11-13,19H,3-10H2,1-2H3,(H,17,18). The molecule has 4 fully saturated rings. The lowest BCUT2D eigenvalue weighted by Crippen LogP contribution is -2.55. The fraction of sp³-hybridized carbons (Fsp3) is 0.938. The molecule has 0 aromatic heterocycles. The minimum atomic E-state index is -0.794. The summed E-state index contributed by atoms with van der Waals surface area (Å²) in [7, 11) is 0. The van der Waals surface area contributed by atoms with E-state index in [0.717, 1.165) is 37.0 Å². The van der Waals surface area contributed by atoms with E-state index in [9.17, 15) is 9.90 Å². The van der Waals surface area contributed by atoms with Crippen molar-refractivity contribution in [3.05, 3.63) is 0 Å². The lowest BCUT2D eigenvalue weighted by atomic mass is 9.49. The van der Waals surface area contributed by atoms with E-state index in [-0.39, 0.29) is 11.3 Å². The van der Waals surface area contributed by atoms with Crippen LogP contribution in [0.15, 0.2) is 0 Å². The van der Waals surface area contributed by atoms with Crippen LogP contribution in [0.4, 0.5) is 0 Å². The maximum atomic E-state index is 12.7. The Morgan fingerprint density at radius 3 is 2.20 bits per heavy atom. The van der Waals surface area contributed by atoms with Crippen molar-refractivity contribution in [1.82, 2.24) is 5.32 Å². The molecule has 3 nitrogen and oxygen atoms in total. The van der Waals surface area contributed by atoms with Gasteiger partial charge in [0.2, 0.25) is 5.91 Å². The Labute approximate surface area is 126 Å². The number of carbonyl (C=O) groups excluding carboxylic acids is 1. The summed E-state index contributed by atoms with van der Waals surface area (Å²) in [6, 6.07) is 0. The highest BCUT2D eigenvalue weighted by molar-refractivity contribution is 7.98. The molecule has 0 spiro atoms. The summed E-state index contributed by atoms with van der Waals surface area (Å²) in [4.78, 5) is 12.7. The first kappa shape index (κ1) is 14.7. The average Bonchev–Trinajstić information content (AvgIpc) is 2.34. The van der Waals surface area contributed by atoms with Crippen LogP contribution < -0.4 is 5.32 Å². The van der Waals surface area contributed by atoms with Crippen molar-refractivity contribution in [1.29, 1.82) is 0 Å². The smallest absolute Gasteiger partial charge is 0.226 e. The van der Waals surface area contributed by atoms with Gasteiger partial charge < -0.3 is 10.4 Å². The van der Waals surface area contributed by atoms with Crippen molar-refractivity contribution in [2.45, 2.75) is 51.0 Å². The van der Waals surface area contributed by atoms with Crippen molar-refractivity contribution in [3.63, 3.8) is 0 Å². The molecule has 20 heavy (non-hydrogen) atoms. The van der Waals surface area contributed by atoms with Crippen LogP contribution in [0.5, 0.6) is 0 Å². The van der Waals surface area contributed by atoms with E-state index in [4.69, 9.17) is 0 Å². The van der Waals surface area contributed by atoms with E-state index in [1.807, 2.05) is 13.2 Å². The first-order valence-electron chi connectivity index (χ1n) is 7.92. The number of rotatable bonds is 5. The zero-order valence-electron chi connectivity index (χ0n) is 12.7. The van der Waals surface area contributed by atoms with E-state index < -0.39 is 5.60 Å². The van der Waals surface area contributed by atoms with Gasteiger partial charge in [0.05, 0.1) is 5.60 Å². The summed E-state index contributed by atoms with van der Waals surface area (Å²) < 4.78 is 0. The number of thioether (sulfide) groups is 1. The molecule has 0 aromatic rings. The quantitative estimate of drug-likeness (QED) is 0.819. The molecule has 0 saturated heterocycles. The molecule has 0 radical (unpaired) electrons. The first-order chi connectivity index (χ1) is 9.42. The highest BCUT2D eigenvalue weighted by Crippen LogP contribution is 2.60. The third-order valence-corrected chi connectivity index (χ3v) is 6.52. The Morgan fingerprint density at radius 2 is 1.75 bits per heavy atom. The molecule has 0 heterocycles. The normalized spacial score (nSPS) is 41.5. The average molecular weight is 297 g/mol. The molecule has 4 aliphatic carbocycles. The molecule has 0 aromatic carbocycles. The van der Waals surface area contributed by atoms with Gasteiger partial charge in [0.25, 0.3) is 0 Å². The Hall–Kier alpha value is -0.220. The summed E-state index contributed by atoms with van der Waals surface area (Å²) in [5.74, 6) is 3.25. The van der Waals surface area contributed by atoms with Crippen LogP contribution in [0.25, 0.3) is 0 Å². The van der Waals surface area contributed by atoms with E-state index in [2.05, 4.69) is 5.32 Å². The lowest BCUT2D eigenvalue weighted by Gasteiger charge is -2.55. The molecule has 4 bridgehead atoms. The summed E-state index contributed by atoms with van der Waals surface area (Å²) >= 11 is 1.62. The molecular formula is C16H27NO2S. The zero-order valence-corrected chi connectivity index (χ0v) is 13.5. The van der Waals surface area contributed by atoms with Gasteiger partial charge in [0.15, 0.2) is 0 Å². The predicted molar refractivity (Wildman–Crippen MR) is 82.6 cm³/mol. The summed E-state index contributed by atoms with van der Waals surface area (Å²) in [5, 5.41) is 13.3. The monoisotopic (exact) mass is 297 g/mol. The Morgan fingerprint density at radius 1 is 1.25 bits per heavy atom. The van der Waals surface area contributed by atoms with Crippen LogP contribution in [-0.2, 0) is 4.79 Å². The molecule has 1 atom stereocenters. The van der Waals surface area contributed by atoms with Gasteiger partial charge in [0, 0.05) is 17.7 Å². The minimum Gasteiger partial charge on any atom is -0.387 e. The fourth-order valence-electron chi connectivity index (χ4n) is 5.21. The molecule has 0 aliphatic heterocycles. The van der Waals surface area contributed by atoms with Crippen LogP contribution in [0.3, 0.4) is 0 Å². The van der Waals surface area contributed by atoms with Gasteiger partial charge >= 0.3 is 0 Å². The van der Waals surface area contributed by atoms with Gasteiger partial charge in [0.1, 0.15) is 0 Å². The second kappa shape index (κ2) is 5.20. The molecule has 4 heteroatoms. The number of carbonyl (C=O) groups is 1. The van der Waals surface area contributed by atoms with E-state index >= 15 is 0 Å². The zero-order chi connectivity index (χ0) is 14.4. The first-order valence-corrected chi connectivity index (χ1v) is 9.31. The molecule has 4 rings (SSSR count). The van der Waals surface area contributed by atoms with Gasteiger partial charge in [-0.05, 0) is 69.5 Å². The number of aliphatic hydroxyl groups is 1. The van der Waals surface area contributed by atoms with Gasteiger partial charge in [-0.2, -0.15) is 11.8 Å². The SMILES string of the molecule is CSCC(C)(O)CNC(=O)C12CC3CC(CC(C3)C1)C2. The summed E-state index contributed by atoms with van der Waals surface area (Å²) in [6.45, 7) is 2.19. The molecule has 1 unspecified atom stereocenters. The van der Waals surface area contributed by atoms with E-state index in [1.54, 1.807) is 11.8 Å². The Balaban J connectivity index is 1.62. The van der Waals surface area contributed by atoms with Crippen LogP contribution in [0.2, 0.25) is 0 Å². The Kier molecular flexibility index (Phi) is 3.83. The van der Waals surface area contributed by atoms with E-state index in [1.165, 1.54) is 19.3 Å². The van der Waals surface area contributed by atoms with Crippen molar-refractivity contribution in [3.8, 4) is 0 Å².